The van der Waals surface area contributed by atoms with Gasteiger partial charge in [0.1, 0.15) is 18.0 Å². The second-order valence-electron chi connectivity index (χ2n) is 7.64. The van der Waals surface area contributed by atoms with E-state index in [1.165, 1.54) is 5.69 Å². The summed E-state index contributed by atoms with van der Waals surface area (Å²) in [5, 5.41) is 0. The summed E-state index contributed by atoms with van der Waals surface area (Å²) in [5.74, 6) is 1.93. The summed E-state index contributed by atoms with van der Waals surface area (Å²) in [6.07, 6.45) is 3.81. The molecule has 2 aliphatic rings. The highest BCUT2D eigenvalue weighted by Crippen LogP contribution is 2.26. The number of benzene rings is 1. The van der Waals surface area contributed by atoms with Crippen LogP contribution in [0.5, 0.6) is 0 Å². The van der Waals surface area contributed by atoms with Gasteiger partial charge in [-0.3, -0.25) is 4.79 Å². The quantitative estimate of drug-likeness (QED) is 0.807. The van der Waals surface area contributed by atoms with Crippen molar-refractivity contribution in [3.05, 3.63) is 42.7 Å². The van der Waals surface area contributed by atoms with Gasteiger partial charge in [0.15, 0.2) is 0 Å². The van der Waals surface area contributed by atoms with E-state index in [-0.39, 0.29) is 5.91 Å². The smallest absolute Gasteiger partial charge is 0.241 e. The molecular weight excluding hydrogens is 352 g/mol. The number of rotatable bonds is 4. The molecule has 1 amide bonds. The van der Waals surface area contributed by atoms with E-state index in [1.807, 2.05) is 18.0 Å². The molecule has 2 aromatic rings. The minimum Gasteiger partial charge on any atom is -0.371 e. The van der Waals surface area contributed by atoms with E-state index in [2.05, 4.69) is 57.1 Å². The Hall–Kier alpha value is -2.83. The van der Waals surface area contributed by atoms with Crippen LogP contribution in [-0.2, 0) is 4.79 Å². The fourth-order valence-corrected chi connectivity index (χ4v) is 3.99. The molecule has 2 fully saturated rings. The molecule has 4 rings (SSSR count). The number of carbonyl (C=O) groups is 1. The van der Waals surface area contributed by atoms with E-state index in [0.29, 0.717) is 12.6 Å². The lowest BCUT2D eigenvalue weighted by Gasteiger charge is -2.38. The van der Waals surface area contributed by atoms with Crippen LogP contribution < -0.4 is 14.7 Å². The van der Waals surface area contributed by atoms with Crippen LogP contribution in [0.1, 0.15) is 12.8 Å². The van der Waals surface area contributed by atoms with E-state index >= 15 is 0 Å². The molecule has 7 heteroatoms. The number of hydrogen-bond donors (Lipinski definition) is 0. The van der Waals surface area contributed by atoms with Gasteiger partial charge in [0.05, 0.1) is 6.54 Å². The molecule has 0 N–H and O–H groups in total. The highest BCUT2D eigenvalue weighted by molar-refractivity contribution is 5.82. The Balaban J connectivity index is 1.39. The third kappa shape index (κ3) is 3.88. The second kappa shape index (κ2) is 8.04. The topological polar surface area (TPSA) is 55.8 Å². The Labute approximate surface area is 166 Å². The van der Waals surface area contributed by atoms with Gasteiger partial charge in [-0.15, -0.1) is 0 Å². The zero-order valence-corrected chi connectivity index (χ0v) is 16.7. The van der Waals surface area contributed by atoms with Crippen LogP contribution in [0.15, 0.2) is 42.7 Å². The number of likely N-dealkylation sites (N-methyl/N-ethyl adjacent to an activating group) is 1. The average molecular weight is 380 g/mol. The van der Waals surface area contributed by atoms with Gasteiger partial charge in [0.2, 0.25) is 5.91 Å². The zero-order chi connectivity index (χ0) is 19.5. The summed E-state index contributed by atoms with van der Waals surface area (Å²) >= 11 is 0. The minimum atomic E-state index is 0.135. The first kappa shape index (κ1) is 18.5. The first-order chi connectivity index (χ1) is 13.6. The number of amides is 1. The standard InChI is InChI=1S/C21H28N6O/c1-24-12-13-27(15-21(24)28)20-14-19(22-16-23-20)26-10-8-18(9-11-26)25(2)17-6-4-3-5-7-17/h3-7,14,16,18H,8-13,15H2,1-2H3. The molecule has 148 valence electrons. The van der Waals surface area contributed by atoms with Crippen molar-refractivity contribution in [1.29, 1.82) is 0 Å². The molecule has 1 aromatic carbocycles. The molecule has 2 aliphatic heterocycles. The summed E-state index contributed by atoms with van der Waals surface area (Å²) in [6.45, 7) is 3.87. The van der Waals surface area contributed by atoms with Crippen LogP contribution >= 0.6 is 0 Å². The number of aromatic nitrogens is 2. The van der Waals surface area contributed by atoms with Crippen molar-refractivity contribution in [2.75, 3.05) is 61.5 Å². The van der Waals surface area contributed by atoms with Crippen molar-refractivity contribution in [3.8, 4) is 0 Å². The number of para-hydroxylation sites is 1. The molecule has 7 nitrogen and oxygen atoms in total. The van der Waals surface area contributed by atoms with Crippen LogP contribution in [0.2, 0.25) is 0 Å². The lowest BCUT2D eigenvalue weighted by atomic mass is 10.0. The lowest BCUT2D eigenvalue weighted by molar-refractivity contribution is -0.129. The number of nitrogens with zero attached hydrogens (tertiary/aromatic N) is 6. The third-order valence-corrected chi connectivity index (χ3v) is 5.92. The normalized spacial score (nSPS) is 18.5. The average Bonchev–Trinajstić information content (AvgIpc) is 2.76. The van der Waals surface area contributed by atoms with Gasteiger partial charge in [-0.05, 0) is 25.0 Å². The van der Waals surface area contributed by atoms with Gasteiger partial charge < -0.3 is 19.6 Å². The first-order valence-electron chi connectivity index (χ1n) is 9.95. The molecule has 0 saturated carbocycles. The number of hydrogen-bond acceptors (Lipinski definition) is 6. The molecule has 2 saturated heterocycles. The Bertz CT molecular complexity index is 806. The van der Waals surface area contributed by atoms with E-state index in [4.69, 9.17) is 0 Å². The number of piperidine rings is 1. The number of carbonyl (C=O) groups excluding carboxylic acids is 1. The maximum atomic E-state index is 12.0. The third-order valence-electron chi connectivity index (χ3n) is 5.92. The van der Waals surface area contributed by atoms with Crippen LogP contribution in [-0.4, -0.2) is 73.6 Å². The summed E-state index contributed by atoms with van der Waals surface area (Å²) in [7, 11) is 4.03. The van der Waals surface area contributed by atoms with Crippen molar-refractivity contribution in [1.82, 2.24) is 14.9 Å². The molecule has 0 bridgehead atoms. The Morgan fingerprint density at radius 1 is 0.964 bits per heavy atom. The molecule has 0 atom stereocenters. The van der Waals surface area contributed by atoms with Gasteiger partial charge >= 0.3 is 0 Å². The highest BCUT2D eigenvalue weighted by atomic mass is 16.2. The Kier molecular flexibility index (Phi) is 5.32. The SMILES string of the molecule is CN1CCN(c2cc(N3CCC(N(C)c4ccccc4)CC3)ncn2)CC1=O. The molecule has 1 aromatic heterocycles. The molecule has 0 aliphatic carbocycles. The summed E-state index contributed by atoms with van der Waals surface area (Å²) in [6, 6.07) is 13.1. The largest absolute Gasteiger partial charge is 0.371 e. The van der Waals surface area contributed by atoms with E-state index < -0.39 is 0 Å². The fraction of sp³-hybridized carbons (Fsp3) is 0.476. The highest BCUT2D eigenvalue weighted by Gasteiger charge is 2.25. The van der Waals surface area contributed by atoms with Gasteiger partial charge in [-0.25, -0.2) is 9.97 Å². The van der Waals surface area contributed by atoms with E-state index in [0.717, 1.165) is 50.7 Å². The minimum absolute atomic E-state index is 0.135. The molecule has 3 heterocycles. The van der Waals surface area contributed by atoms with E-state index in [9.17, 15) is 4.79 Å². The number of piperazine rings is 1. The molecule has 28 heavy (non-hydrogen) atoms. The van der Waals surface area contributed by atoms with Crippen molar-refractivity contribution in [3.63, 3.8) is 0 Å². The predicted octanol–water partition coefficient (Wildman–Crippen LogP) is 1.86. The molecule has 0 spiro atoms. The summed E-state index contributed by atoms with van der Waals surface area (Å²) in [4.78, 5) is 29.5. The Morgan fingerprint density at radius 3 is 2.32 bits per heavy atom. The van der Waals surface area contributed by atoms with Crippen molar-refractivity contribution in [2.45, 2.75) is 18.9 Å². The van der Waals surface area contributed by atoms with Crippen molar-refractivity contribution in [2.24, 2.45) is 0 Å². The molecule has 0 radical (unpaired) electrons. The van der Waals surface area contributed by atoms with Gasteiger partial charge in [-0.1, -0.05) is 18.2 Å². The zero-order valence-electron chi connectivity index (χ0n) is 16.7. The second-order valence-corrected chi connectivity index (χ2v) is 7.64. The first-order valence-corrected chi connectivity index (χ1v) is 9.95. The molecular formula is C21H28N6O. The van der Waals surface area contributed by atoms with Crippen LogP contribution in [0, 0.1) is 0 Å². The summed E-state index contributed by atoms with van der Waals surface area (Å²) in [5.41, 5.74) is 1.27. The van der Waals surface area contributed by atoms with E-state index in [1.54, 1.807) is 11.2 Å². The number of anilines is 3. The van der Waals surface area contributed by atoms with Gasteiger partial charge in [0, 0.05) is 58.1 Å². The van der Waals surface area contributed by atoms with Crippen LogP contribution in [0.4, 0.5) is 17.3 Å². The van der Waals surface area contributed by atoms with Crippen molar-refractivity contribution < 1.29 is 4.79 Å². The maximum Gasteiger partial charge on any atom is 0.241 e. The van der Waals surface area contributed by atoms with Gasteiger partial charge in [-0.2, -0.15) is 0 Å². The lowest BCUT2D eigenvalue weighted by Crippen LogP contribution is -2.49. The Morgan fingerprint density at radius 2 is 1.64 bits per heavy atom. The predicted molar refractivity (Wildman–Crippen MR) is 112 cm³/mol. The maximum absolute atomic E-state index is 12.0. The van der Waals surface area contributed by atoms with Crippen molar-refractivity contribution >= 4 is 23.2 Å². The monoisotopic (exact) mass is 380 g/mol. The summed E-state index contributed by atoms with van der Waals surface area (Å²) < 4.78 is 0. The van der Waals surface area contributed by atoms with Crippen LogP contribution in [0.3, 0.4) is 0 Å². The van der Waals surface area contributed by atoms with Crippen LogP contribution in [0.25, 0.3) is 0 Å². The van der Waals surface area contributed by atoms with Gasteiger partial charge in [0.25, 0.3) is 0 Å². The fourth-order valence-electron chi connectivity index (χ4n) is 3.99. The molecule has 0 unspecified atom stereocenters.